The second kappa shape index (κ2) is 4.75. The van der Waals surface area contributed by atoms with Gasteiger partial charge in [0.05, 0.1) is 12.7 Å². The Morgan fingerprint density at radius 1 is 1.15 bits per heavy atom. The fourth-order valence-electron chi connectivity index (χ4n) is 4.46. The molecule has 0 fully saturated rings. The number of carbonyl (C=O) groups excluding carboxylic acids is 2. The van der Waals surface area contributed by atoms with Gasteiger partial charge in [-0.25, -0.2) is 0 Å². The van der Waals surface area contributed by atoms with E-state index in [1.165, 1.54) is 6.26 Å². The molecular weight excluding hydrogens is 332 g/mol. The Morgan fingerprint density at radius 2 is 1.96 bits per heavy atom. The molecule has 1 heterocycles. The third-order valence-corrected chi connectivity index (χ3v) is 5.85. The van der Waals surface area contributed by atoms with Crippen molar-refractivity contribution in [3.05, 3.63) is 58.5 Å². The van der Waals surface area contributed by atoms with E-state index in [0.717, 1.165) is 10.9 Å². The van der Waals surface area contributed by atoms with Crippen LogP contribution in [0.4, 0.5) is 0 Å². The van der Waals surface area contributed by atoms with Crippen LogP contribution in [0.25, 0.3) is 10.8 Å². The molecule has 5 nitrogen and oxygen atoms in total. The Bertz CT molecular complexity index is 1140. The number of methoxy groups -OCH3 is 1. The van der Waals surface area contributed by atoms with Crippen LogP contribution in [0.3, 0.4) is 0 Å². The quantitative estimate of drug-likeness (QED) is 0.720. The highest BCUT2D eigenvalue weighted by Gasteiger charge is 2.48. The molecule has 1 atom stereocenters. The molecule has 0 saturated carbocycles. The minimum Gasteiger partial charge on any atom is -0.507 e. The number of rotatable bonds is 1. The van der Waals surface area contributed by atoms with Crippen molar-refractivity contribution in [2.24, 2.45) is 0 Å². The number of fused-ring (bicyclic) bond motifs is 3. The number of hydrogen-bond acceptors (Lipinski definition) is 5. The van der Waals surface area contributed by atoms with Crippen molar-refractivity contribution in [2.75, 3.05) is 7.11 Å². The summed E-state index contributed by atoms with van der Waals surface area (Å²) in [6, 6.07) is 6.88. The molecule has 0 bridgehead atoms. The fraction of sp³-hybridized carbons (Fsp3) is 0.238. The van der Waals surface area contributed by atoms with Crippen LogP contribution in [0.15, 0.2) is 34.9 Å². The topological polar surface area (TPSA) is 76.7 Å². The van der Waals surface area contributed by atoms with Crippen LogP contribution in [0, 0.1) is 0 Å². The average molecular weight is 348 g/mol. The number of phenols is 1. The SMILES string of the molecule is COc1ccc(O)c2cc3c(cc12)[C@@]1(C)CCC(=O)c2coc(c21)C3=O. The van der Waals surface area contributed by atoms with Gasteiger partial charge in [-0.1, -0.05) is 6.92 Å². The first kappa shape index (κ1) is 15.2. The van der Waals surface area contributed by atoms with Crippen molar-refractivity contribution in [3.63, 3.8) is 0 Å². The summed E-state index contributed by atoms with van der Waals surface area (Å²) in [5.41, 5.74) is 2.08. The standard InChI is InChI=1S/C21H16O5/c1-21-6-5-16(23)13-9-26-20(18(13)21)19(24)12-7-10-11(8-14(12)21)17(25-2)4-3-15(10)22/h3-4,7-9,22H,5-6H2,1-2H3/t21-/m1/s1. The van der Waals surface area contributed by atoms with Crippen LogP contribution < -0.4 is 4.74 Å². The largest absolute Gasteiger partial charge is 0.507 e. The first-order valence-electron chi connectivity index (χ1n) is 8.50. The van der Waals surface area contributed by atoms with E-state index in [1.54, 1.807) is 25.3 Å². The Kier molecular flexibility index (Phi) is 2.78. The molecule has 5 heteroatoms. The molecule has 2 aliphatic carbocycles. The predicted octanol–water partition coefficient (Wildman–Crippen LogP) is 3.97. The van der Waals surface area contributed by atoms with Gasteiger partial charge in [0.25, 0.3) is 0 Å². The molecule has 0 unspecified atom stereocenters. The summed E-state index contributed by atoms with van der Waals surface area (Å²) in [7, 11) is 1.57. The monoisotopic (exact) mass is 348 g/mol. The highest BCUT2D eigenvalue weighted by atomic mass is 16.5. The van der Waals surface area contributed by atoms with Gasteiger partial charge in [-0.15, -0.1) is 0 Å². The predicted molar refractivity (Wildman–Crippen MR) is 94.3 cm³/mol. The molecule has 0 radical (unpaired) electrons. The molecule has 2 aromatic carbocycles. The molecule has 1 aromatic heterocycles. The first-order chi connectivity index (χ1) is 12.5. The molecule has 130 valence electrons. The summed E-state index contributed by atoms with van der Waals surface area (Å²) in [4.78, 5) is 25.3. The number of furan rings is 1. The van der Waals surface area contributed by atoms with Crippen molar-refractivity contribution in [3.8, 4) is 11.5 Å². The second-order valence-corrected chi connectivity index (χ2v) is 7.17. The smallest absolute Gasteiger partial charge is 0.228 e. The number of phenolic OH excluding ortho intramolecular Hbond substituents is 1. The summed E-state index contributed by atoms with van der Waals surface area (Å²) >= 11 is 0. The summed E-state index contributed by atoms with van der Waals surface area (Å²) < 4.78 is 11.0. The maximum absolute atomic E-state index is 13.0. The zero-order chi connectivity index (χ0) is 18.2. The fourth-order valence-corrected chi connectivity index (χ4v) is 4.46. The molecule has 2 aliphatic rings. The van der Waals surface area contributed by atoms with E-state index < -0.39 is 5.41 Å². The van der Waals surface area contributed by atoms with Gasteiger partial charge < -0.3 is 14.3 Å². The number of ether oxygens (including phenoxy) is 1. The number of carbonyl (C=O) groups is 2. The molecule has 1 N–H and O–H groups in total. The maximum Gasteiger partial charge on any atom is 0.228 e. The van der Waals surface area contributed by atoms with E-state index in [9.17, 15) is 14.7 Å². The van der Waals surface area contributed by atoms with Crippen LogP contribution in [-0.2, 0) is 5.41 Å². The molecule has 3 aromatic rings. The van der Waals surface area contributed by atoms with Crippen LogP contribution in [0.1, 0.15) is 57.4 Å². The molecule has 0 amide bonds. The van der Waals surface area contributed by atoms with Crippen LogP contribution in [0.5, 0.6) is 11.5 Å². The third kappa shape index (κ3) is 1.65. The number of ketones is 2. The molecule has 0 spiro atoms. The first-order valence-corrected chi connectivity index (χ1v) is 8.50. The zero-order valence-electron chi connectivity index (χ0n) is 14.4. The molecule has 0 saturated heterocycles. The lowest BCUT2D eigenvalue weighted by molar-refractivity contribution is 0.0958. The van der Waals surface area contributed by atoms with E-state index in [-0.39, 0.29) is 23.1 Å². The molecule has 0 aliphatic heterocycles. The zero-order valence-corrected chi connectivity index (χ0v) is 14.4. The van der Waals surface area contributed by atoms with Crippen LogP contribution in [0.2, 0.25) is 0 Å². The van der Waals surface area contributed by atoms with Crippen molar-refractivity contribution in [1.29, 1.82) is 0 Å². The second-order valence-electron chi connectivity index (χ2n) is 7.17. The van der Waals surface area contributed by atoms with Crippen molar-refractivity contribution in [2.45, 2.75) is 25.2 Å². The number of aromatic hydroxyl groups is 1. The molecule has 5 rings (SSSR count). The lowest BCUT2D eigenvalue weighted by Crippen LogP contribution is -2.37. The highest BCUT2D eigenvalue weighted by molar-refractivity contribution is 6.16. The van der Waals surface area contributed by atoms with E-state index in [2.05, 4.69) is 0 Å². The normalized spacial score (nSPS) is 20.8. The van der Waals surface area contributed by atoms with Gasteiger partial charge in [0.1, 0.15) is 17.8 Å². The van der Waals surface area contributed by atoms with E-state index in [1.807, 2.05) is 13.0 Å². The number of hydrogen-bond donors (Lipinski definition) is 1. The van der Waals surface area contributed by atoms with Gasteiger partial charge >= 0.3 is 0 Å². The minimum atomic E-state index is -0.487. The summed E-state index contributed by atoms with van der Waals surface area (Å²) in [5.74, 6) is 0.718. The Hall–Kier alpha value is -3.08. The van der Waals surface area contributed by atoms with E-state index in [0.29, 0.717) is 40.7 Å². The van der Waals surface area contributed by atoms with Crippen LogP contribution in [-0.4, -0.2) is 23.8 Å². The summed E-state index contributed by atoms with van der Waals surface area (Å²) in [6.45, 7) is 2.05. The van der Waals surface area contributed by atoms with Crippen molar-refractivity contribution < 1.29 is 23.8 Å². The molecular formula is C21H16O5. The Labute approximate surface area is 149 Å². The van der Waals surface area contributed by atoms with E-state index in [4.69, 9.17) is 9.15 Å². The lowest BCUT2D eigenvalue weighted by atomic mass is 9.62. The van der Waals surface area contributed by atoms with E-state index >= 15 is 0 Å². The average Bonchev–Trinajstić information content (AvgIpc) is 3.10. The Balaban J connectivity index is 1.91. The van der Waals surface area contributed by atoms with Gasteiger partial charge in [-0.3, -0.25) is 9.59 Å². The summed E-state index contributed by atoms with van der Waals surface area (Å²) in [6.07, 6.45) is 2.43. The highest BCUT2D eigenvalue weighted by Crippen LogP contribution is 2.51. The van der Waals surface area contributed by atoms with Gasteiger partial charge in [0.15, 0.2) is 11.5 Å². The number of Topliss-reactive ketones (excluding diaryl/α,β-unsaturated/α-hetero) is 1. The minimum absolute atomic E-state index is 0.0136. The Morgan fingerprint density at radius 3 is 2.73 bits per heavy atom. The van der Waals surface area contributed by atoms with Crippen molar-refractivity contribution in [1.82, 2.24) is 0 Å². The lowest BCUT2D eigenvalue weighted by Gasteiger charge is -2.38. The summed E-state index contributed by atoms with van der Waals surface area (Å²) in [5, 5.41) is 11.6. The van der Waals surface area contributed by atoms with Gasteiger partial charge in [-0.2, -0.15) is 0 Å². The van der Waals surface area contributed by atoms with Crippen LogP contribution >= 0.6 is 0 Å². The molecule has 26 heavy (non-hydrogen) atoms. The van der Waals surface area contributed by atoms with Crippen molar-refractivity contribution >= 4 is 22.3 Å². The third-order valence-electron chi connectivity index (χ3n) is 5.85. The van der Waals surface area contributed by atoms with Gasteiger partial charge in [0, 0.05) is 33.7 Å². The number of benzene rings is 2. The van der Waals surface area contributed by atoms with Gasteiger partial charge in [0.2, 0.25) is 5.78 Å². The maximum atomic E-state index is 13.0. The van der Waals surface area contributed by atoms with Gasteiger partial charge in [-0.05, 0) is 36.2 Å².